The molecule has 7 nitrogen and oxygen atoms in total. The number of aromatic nitrogens is 3. The number of hydrogen-bond donors (Lipinski definition) is 2. The van der Waals surface area contributed by atoms with Crippen LogP contribution in [0.25, 0.3) is 11.0 Å². The van der Waals surface area contributed by atoms with E-state index in [1.807, 2.05) is 51.1 Å². The highest BCUT2D eigenvalue weighted by Crippen LogP contribution is 2.23. The van der Waals surface area contributed by atoms with E-state index in [-0.39, 0.29) is 23.1 Å². The van der Waals surface area contributed by atoms with E-state index in [1.165, 1.54) is 0 Å². The number of nitrogens with one attached hydrogen (secondary N) is 2. The SMILES string of the molecule is COCCn1c(C)cc(C)c(C(=O)N[C@H](c2nc3ccccc3[nH]2)C(C)C)c1=O. The summed E-state index contributed by atoms with van der Waals surface area (Å²) in [5.74, 6) is 0.373. The summed E-state index contributed by atoms with van der Waals surface area (Å²) in [7, 11) is 1.59. The second-order valence-corrected chi connectivity index (χ2v) is 7.63. The van der Waals surface area contributed by atoms with Crippen LogP contribution in [0.4, 0.5) is 0 Å². The topological polar surface area (TPSA) is 89.0 Å². The molecule has 0 radical (unpaired) electrons. The molecule has 0 aliphatic rings. The lowest BCUT2D eigenvalue weighted by atomic mass is 10.0. The molecule has 1 aromatic carbocycles. The second-order valence-electron chi connectivity index (χ2n) is 7.63. The minimum absolute atomic E-state index is 0.0842. The number of imidazole rings is 1. The summed E-state index contributed by atoms with van der Waals surface area (Å²) in [6, 6.07) is 9.25. The molecule has 3 aromatic rings. The largest absolute Gasteiger partial charge is 0.383 e. The fourth-order valence-electron chi connectivity index (χ4n) is 3.55. The van der Waals surface area contributed by atoms with Gasteiger partial charge in [-0.25, -0.2) is 4.98 Å². The van der Waals surface area contributed by atoms with E-state index in [0.29, 0.717) is 24.5 Å². The van der Waals surface area contributed by atoms with Crippen molar-refractivity contribution in [2.45, 2.75) is 40.3 Å². The smallest absolute Gasteiger partial charge is 0.263 e. The molecule has 0 aliphatic carbocycles. The van der Waals surface area contributed by atoms with Crippen molar-refractivity contribution in [1.29, 1.82) is 0 Å². The lowest BCUT2D eigenvalue weighted by Crippen LogP contribution is -2.39. The van der Waals surface area contributed by atoms with Crippen molar-refractivity contribution in [3.63, 3.8) is 0 Å². The van der Waals surface area contributed by atoms with Crippen LogP contribution in [0.5, 0.6) is 0 Å². The predicted molar refractivity (Wildman–Crippen MR) is 113 cm³/mol. The fourth-order valence-corrected chi connectivity index (χ4v) is 3.55. The van der Waals surface area contributed by atoms with Crippen LogP contribution in [0.3, 0.4) is 0 Å². The molecule has 1 amide bonds. The zero-order chi connectivity index (χ0) is 21.1. The van der Waals surface area contributed by atoms with E-state index in [4.69, 9.17) is 4.74 Å². The van der Waals surface area contributed by atoms with Crippen molar-refractivity contribution in [2.75, 3.05) is 13.7 Å². The Morgan fingerprint density at radius 2 is 2.00 bits per heavy atom. The number of para-hydroxylation sites is 2. The minimum Gasteiger partial charge on any atom is -0.383 e. The Morgan fingerprint density at radius 1 is 1.28 bits per heavy atom. The standard InChI is InChI=1S/C22H28N4O3/c1-13(2)19(20-23-16-8-6-7-9-17(16)24-20)25-21(27)18-14(3)12-15(4)26(22(18)28)10-11-29-5/h6-9,12-13,19H,10-11H2,1-5H3,(H,23,24)(H,25,27)/t19-/m0/s1. The van der Waals surface area contributed by atoms with E-state index in [0.717, 1.165) is 16.7 Å². The molecule has 2 N–H and O–H groups in total. The van der Waals surface area contributed by atoms with Crippen molar-refractivity contribution in [3.05, 3.63) is 63.3 Å². The Bertz CT molecular complexity index is 1050. The molecule has 0 saturated heterocycles. The summed E-state index contributed by atoms with van der Waals surface area (Å²) in [6.07, 6.45) is 0. The third kappa shape index (κ3) is 4.24. The highest BCUT2D eigenvalue weighted by atomic mass is 16.5. The van der Waals surface area contributed by atoms with Crippen LogP contribution in [-0.4, -0.2) is 34.2 Å². The van der Waals surface area contributed by atoms with Crippen molar-refractivity contribution in [1.82, 2.24) is 19.9 Å². The first-order valence-electron chi connectivity index (χ1n) is 9.79. The summed E-state index contributed by atoms with van der Waals surface area (Å²) >= 11 is 0. The van der Waals surface area contributed by atoms with Gasteiger partial charge in [-0.1, -0.05) is 26.0 Å². The van der Waals surface area contributed by atoms with Gasteiger partial charge < -0.3 is 19.6 Å². The number of benzene rings is 1. The monoisotopic (exact) mass is 396 g/mol. The first-order chi connectivity index (χ1) is 13.8. The number of pyridine rings is 1. The molecule has 2 heterocycles. The van der Waals surface area contributed by atoms with Gasteiger partial charge in [-0.15, -0.1) is 0 Å². The van der Waals surface area contributed by atoms with Gasteiger partial charge in [0.15, 0.2) is 0 Å². The van der Waals surface area contributed by atoms with Crippen LogP contribution < -0.4 is 10.9 Å². The Hall–Kier alpha value is -2.93. The average molecular weight is 396 g/mol. The number of rotatable bonds is 7. The van der Waals surface area contributed by atoms with Gasteiger partial charge in [-0.3, -0.25) is 9.59 Å². The minimum atomic E-state index is -0.391. The lowest BCUT2D eigenvalue weighted by molar-refractivity contribution is 0.0920. The van der Waals surface area contributed by atoms with Gasteiger partial charge >= 0.3 is 0 Å². The van der Waals surface area contributed by atoms with Gasteiger partial charge in [-0.2, -0.15) is 0 Å². The van der Waals surface area contributed by atoms with E-state index in [9.17, 15) is 9.59 Å². The molecular weight excluding hydrogens is 368 g/mol. The molecule has 3 rings (SSSR count). The highest BCUT2D eigenvalue weighted by Gasteiger charge is 2.25. The van der Waals surface area contributed by atoms with Crippen LogP contribution >= 0.6 is 0 Å². The Labute approximate surface area is 170 Å². The van der Waals surface area contributed by atoms with Crippen molar-refractivity contribution < 1.29 is 9.53 Å². The zero-order valence-corrected chi connectivity index (χ0v) is 17.6. The number of ether oxygens (including phenoxy) is 1. The summed E-state index contributed by atoms with van der Waals surface area (Å²) < 4.78 is 6.68. The second kappa shape index (κ2) is 8.61. The van der Waals surface area contributed by atoms with E-state index < -0.39 is 5.91 Å². The number of carbonyl (C=O) groups is 1. The van der Waals surface area contributed by atoms with Gasteiger partial charge in [0.2, 0.25) is 0 Å². The number of aromatic amines is 1. The van der Waals surface area contributed by atoms with Crippen LogP contribution in [0.1, 0.15) is 47.3 Å². The summed E-state index contributed by atoms with van der Waals surface area (Å²) in [4.78, 5) is 34.1. The summed E-state index contributed by atoms with van der Waals surface area (Å²) in [6.45, 7) is 8.47. The molecule has 0 unspecified atom stereocenters. The van der Waals surface area contributed by atoms with Crippen LogP contribution in [-0.2, 0) is 11.3 Å². The number of hydrogen-bond acceptors (Lipinski definition) is 4. The van der Waals surface area contributed by atoms with Crippen molar-refractivity contribution in [2.24, 2.45) is 5.92 Å². The first-order valence-corrected chi connectivity index (χ1v) is 9.79. The Balaban J connectivity index is 1.95. The van der Waals surface area contributed by atoms with E-state index in [2.05, 4.69) is 15.3 Å². The van der Waals surface area contributed by atoms with Crippen molar-refractivity contribution in [3.8, 4) is 0 Å². The number of H-pyrrole nitrogens is 1. The molecule has 0 spiro atoms. The molecule has 0 bridgehead atoms. The molecule has 29 heavy (non-hydrogen) atoms. The fraction of sp³-hybridized carbons (Fsp3) is 0.409. The highest BCUT2D eigenvalue weighted by molar-refractivity contribution is 5.95. The van der Waals surface area contributed by atoms with Gasteiger partial charge in [0, 0.05) is 19.3 Å². The number of fused-ring (bicyclic) bond motifs is 1. The summed E-state index contributed by atoms with van der Waals surface area (Å²) in [5, 5.41) is 3.02. The van der Waals surface area contributed by atoms with Crippen LogP contribution in [0.2, 0.25) is 0 Å². The van der Waals surface area contributed by atoms with Crippen molar-refractivity contribution >= 4 is 16.9 Å². The number of nitrogens with zero attached hydrogens (tertiary/aromatic N) is 2. The number of carbonyl (C=O) groups excluding carboxylic acids is 1. The molecule has 0 aliphatic heterocycles. The maximum atomic E-state index is 13.1. The maximum Gasteiger partial charge on any atom is 0.263 e. The Morgan fingerprint density at radius 3 is 2.66 bits per heavy atom. The summed E-state index contributed by atoms with van der Waals surface area (Å²) in [5.41, 5.74) is 3.08. The van der Waals surface area contributed by atoms with Crippen LogP contribution in [0.15, 0.2) is 35.1 Å². The third-order valence-electron chi connectivity index (χ3n) is 5.11. The normalized spacial score (nSPS) is 12.5. The zero-order valence-electron chi connectivity index (χ0n) is 17.6. The Kier molecular flexibility index (Phi) is 6.17. The molecule has 7 heteroatoms. The molecule has 0 fully saturated rings. The van der Waals surface area contributed by atoms with Gasteiger partial charge in [-0.05, 0) is 43.5 Å². The van der Waals surface area contributed by atoms with E-state index in [1.54, 1.807) is 18.6 Å². The number of amides is 1. The van der Waals surface area contributed by atoms with Crippen LogP contribution in [0, 0.1) is 19.8 Å². The molecular formula is C22H28N4O3. The number of aryl methyl sites for hydroxylation is 2. The van der Waals surface area contributed by atoms with E-state index >= 15 is 0 Å². The molecule has 0 saturated carbocycles. The van der Waals surface area contributed by atoms with Gasteiger partial charge in [0.05, 0.1) is 23.7 Å². The average Bonchev–Trinajstić information content (AvgIpc) is 3.09. The third-order valence-corrected chi connectivity index (χ3v) is 5.11. The van der Waals surface area contributed by atoms with Gasteiger partial charge in [0.25, 0.3) is 11.5 Å². The van der Waals surface area contributed by atoms with Gasteiger partial charge in [0.1, 0.15) is 11.4 Å². The predicted octanol–water partition coefficient (Wildman–Crippen LogP) is 3.11. The maximum absolute atomic E-state index is 13.1. The first kappa shape index (κ1) is 20.8. The quantitative estimate of drug-likeness (QED) is 0.642. The molecule has 154 valence electrons. The number of methoxy groups -OCH3 is 1. The lowest BCUT2D eigenvalue weighted by Gasteiger charge is -2.21. The molecule has 2 aromatic heterocycles. The molecule has 1 atom stereocenters.